The summed E-state index contributed by atoms with van der Waals surface area (Å²) in [7, 11) is 0. The lowest BCUT2D eigenvalue weighted by molar-refractivity contribution is 0.439. The first-order chi connectivity index (χ1) is 10.2. The first kappa shape index (κ1) is 13.9. The third-order valence-corrected chi connectivity index (χ3v) is 3.98. The Bertz CT molecular complexity index is 780. The summed E-state index contributed by atoms with van der Waals surface area (Å²) in [4.78, 5) is 0. The van der Waals surface area contributed by atoms with E-state index in [2.05, 4.69) is 40.1 Å². The van der Waals surface area contributed by atoms with Gasteiger partial charge in [-0.2, -0.15) is 0 Å². The van der Waals surface area contributed by atoms with Crippen molar-refractivity contribution >= 4 is 21.8 Å². The molecule has 0 bridgehead atoms. The van der Waals surface area contributed by atoms with Gasteiger partial charge in [-0.05, 0) is 29.7 Å². The van der Waals surface area contributed by atoms with Gasteiger partial charge in [-0.1, -0.05) is 64.4 Å². The molecular formula is C17H15BrN2O. The number of aromatic nitrogens is 1. The van der Waals surface area contributed by atoms with Crippen molar-refractivity contribution in [3.63, 3.8) is 0 Å². The molecule has 1 heterocycles. The molecule has 21 heavy (non-hydrogen) atoms. The highest BCUT2D eigenvalue weighted by atomic mass is 79.9. The Morgan fingerprint density at radius 1 is 1.14 bits per heavy atom. The SMILES string of the molecule is CCc1ccccc1-c1noc(N)c1-c1cccc(Br)c1. The van der Waals surface area contributed by atoms with E-state index >= 15 is 0 Å². The number of hydrogen-bond acceptors (Lipinski definition) is 3. The molecule has 0 saturated carbocycles. The molecule has 4 heteroatoms. The predicted octanol–water partition coefficient (Wildman–Crippen LogP) is 4.92. The molecular weight excluding hydrogens is 328 g/mol. The molecule has 0 fully saturated rings. The first-order valence-electron chi connectivity index (χ1n) is 6.80. The molecule has 2 N–H and O–H groups in total. The summed E-state index contributed by atoms with van der Waals surface area (Å²) in [5.74, 6) is 0.342. The molecule has 0 aliphatic carbocycles. The minimum absolute atomic E-state index is 0.342. The first-order valence-corrected chi connectivity index (χ1v) is 7.59. The average molecular weight is 343 g/mol. The van der Waals surface area contributed by atoms with E-state index in [-0.39, 0.29) is 0 Å². The van der Waals surface area contributed by atoms with Gasteiger partial charge in [0.05, 0.1) is 5.56 Å². The molecule has 3 nitrogen and oxygen atoms in total. The summed E-state index contributed by atoms with van der Waals surface area (Å²) >= 11 is 3.49. The van der Waals surface area contributed by atoms with Crippen LogP contribution in [-0.4, -0.2) is 5.16 Å². The Morgan fingerprint density at radius 3 is 2.71 bits per heavy atom. The normalized spacial score (nSPS) is 10.8. The van der Waals surface area contributed by atoms with Gasteiger partial charge < -0.3 is 10.3 Å². The number of nitrogens with zero attached hydrogens (tertiary/aromatic N) is 1. The van der Waals surface area contributed by atoms with E-state index < -0.39 is 0 Å². The number of halogens is 1. The van der Waals surface area contributed by atoms with Crippen molar-refractivity contribution in [2.75, 3.05) is 5.73 Å². The summed E-state index contributed by atoms with van der Waals surface area (Å²) in [5.41, 5.74) is 10.9. The van der Waals surface area contributed by atoms with Crippen LogP contribution in [0.15, 0.2) is 57.5 Å². The Labute approximate surface area is 131 Å². The Kier molecular flexibility index (Phi) is 3.80. The van der Waals surface area contributed by atoms with Gasteiger partial charge >= 0.3 is 0 Å². The lowest BCUT2D eigenvalue weighted by Gasteiger charge is -2.07. The summed E-state index contributed by atoms with van der Waals surface area (Å²) in [6.45, 7) is 2.13. The fraction of sp³-hybridized carbons (Fsp3) is 0.118. The largest absolute Gasteiger partial charge is 0.367 e. The maximum atomic E-state index is 6.01. The van der Waals surface area contributed by atoms with Gasteiger partial charge in [0.25, 0.3) is 0 Å². The fourth-order valence-electron chi connectivity index (χ4n) is 2.47. The van der Waals surface area contributed by atoms with Gasteiger partial charge in [-0.15, -0.1) is 0 Å². The van der Waals surface area contributed by atoms with Crippen LogP contribution in [0.25, 0.3) is 22.4 Å². The van der Waals surface area contributed by atoms with Crippen molar-refractivity contribution in [2.24, 2.45) is 0 Å². The average Bonchev–Trinajstić information content (AvgIpc) is 2.88. The fourth-order valence-corrected chi connectivity index (χ4v) is 2.87. The van der Waals surface area contributed by atoms with E-state index in [1.165, 1.54) is 5.56 Å². The molecule has 0 amide bonds. The third-order valence-electron chi connectivity index (χ3n) is 3.49. The third kappa shape index (κ3) is 2.59. The minimum atomic E-state index is 0.342. The van der Waals surface area contributed by atoms with Crippen LogP contribution in [0.1, 0.15) is 12.5 Å². The quantitative estimate of drug-likeness (QED) is 0.735. The molecule has 0 spiro atoms. The van der Waals surface area contributed by atoms with Crippen molar-refractivity contribution in [2.45, 2.75) is 13.3 Å². The van der Waals surface area contributed by atoms with Crippen molar-refractivity contribution in [1.29, 1.82) is 0 Å². The van der Waals surface area contributed by atoms with Crippen LogP contribution < -0.4 is 5.73 Å². The van der Waals surface area contributed by atoms with Crippen LogP contribution in [0.5, 0.6) is 0 Å². The highest BCUT2D eigenvalue weighted by molar-refractivity contribution is 9.10. The summed E-state index contributed by atoms with van der Waals surface area (Å²) in [6.07, 6.45) is 0.931. The van der Waals surface area contributed by atoms with Crippen molar-refractivity contribution < 1.29 is 4.52 Å². The van der Waals surface area contributed by atoms with Crippen LogP contribution >= 0.6 is 15.9 Å². The second kappa shape index (κ2) is 5.74. The number of nitrogen functional groups attached to an aromatic ring is 1. The molecule has 2 aromatic carbocycles. The zero-order chi connectivity index (χ0) is 14.8. The Morgan fingerprint density at radius 2 is 1.95 bits per heavy atom. The smallest absolute Gasteiger partial charge is 0.230 e. The van der Waals surface area contributed by atoms with Crippen LogP contribution in [0.4, 0.5) is 5.88 Å². The molecule has 106 valence electrons. The summed E-state index contributed by atoms with van der Waals surface area (Å²) < 4.78 is 6.25. The number of aryl methyl sites for hydroxylation is 1. The van der Waals surface area contributed by atoms with E-state index in [9.17, 15) is 0 Å². The summed E-state index contributed by atoms with van der Waals surface area (Å²) in [5, 5.41) is 4.19. The van der Waals surface area contributed by atoms with E-state index in [1.54, 1.807) is 0 Å². The molecule has 3 rings (SSSR count). The molecule has 3 aromatic rings. The summed E-state index contributed by atoms with van der Waals surface area (Å²) in [6, 6.07) is 16.2. The zero-order valence-corrected chi connectivity index (χ0v) is 13.2. The lowest BCUT2D eigenvalue weighted by atomic mass is 9.96. The number of rotatable bonds is 3. The Hall–Kier alpha value is -2.07. The maximum Gasteiger partial charge on any atom is 0.230 e. The second-order valence-corrected chi connectivity index (χ2v) is 5.71. The van der Waals surface area contributed by atoms with Gasteiger partial charge in [0, 0.05) is 10.0 Å². The lowest BCUT2D eigenvalue weighted by Crippen LogP contribution is -1.91. The molecule has 0 unspecified atom stereocenters. The standard InChI is InChI=1S/C17H15BrN2O/c1-2-11-6-3-4-9-14(11)16-15(17(19)21-20-16)12-7-5-8-13(18)10-12/h3-10H,2,19H2,1H3. The number of nitrogens with two attached hydrogens (primary N) is 1. The number of anilines is 1. The highest BCUT2D eigenvalue weighted by Crippen LogP contribution is 2.38. The van der Waals surface area contributed by atoms with Crippen LogP contribution in [0.2, 0.25) is 0 Å². The molecule has 0 atom stereocenters. The topological polar surface area (TPSA) is 52.0 Å². The van der Waals surface area contributed by atoms with Crippen molar-refractivity contribution in [1.82, 2.24) is 5.16 Å². The zero-order valence-electron chi connectivity index (χ0n) is 11.6. The maximum absolute atomic E-state index is 6.01. The van der Waals surface area contributed by atoms with E-state index in [4.69, 9.17) is 10.3 Å². The van der Waals surface area contributed by atoms with Gasteiger partial charge in [-0.3, -0.25) is 0 Å². The van der Waals surface area contributed by atoms with Crippen molar-refractivity contribution in [3.8, 4) is 22.4 Å². The highest BCUT2D eigenvalue weighted by Gasteiger charge is 2.19. The van der Waals surface area contributed by atoms with Crippen LogP contribution in [-0.2, 0) is 6.42 Å². The predicted molar refractivity (Wildman–Crippen MR) is 88.9 cm³/mol. The number of benzene rings is 2. The molecule has 0 aliphatic heterocycles. The van der Waals surface area contributed by atoms with Crippen molar-refractivity contribution in [3.05, 3.63) is 58.6 Å². The van der Waals surface area contributed by atoms with Gasteiger partial charge in [0.1, 0.15) is 5.69 Å². The monoisotopic (exact) mass is 342 g/mol. The Balaban J connectivity index is 2.22. The molecule has 0 aliphatic rings. The van der Waals surface area contributed by atoms with Crippen LogP contribution in [0.3, 0.4) is 0 Å². The molecule has 0 saturated heterocycles. The number of hydrogen-bond donors (Lipinski definition) is 1. The van der Waals surface area contributed by atoms with Gasteiger partial charge in [-0.25, -0.2) is 0 Å². The van der Waals surface area contributed by atoms with Crippen LogP contribution in [0, 0.1) is 0 Å². The molecule has 1 aromatic heterocycles. The minimum Gasteiger partial charge on any atom is -0.367 e. The van der Waals surface area contributed by atoms with E-state index in [1.807, 2.05) is 36.4 Å². The van der Waals surface area contributed by atoms with Gasteiger partial charge in [0.15, 0.2) is 0 Å². The molecule has 0 radical (unpaired) electrons. The second-order valence-electron chi connectivity index (χ2n) is 4.79. The van der Waals surface area contributed by atoms with E-state index in [0.717, 1.165) is 33.3 Å². The van der Waals surface area contributed by atoms with Gasteiger partial charge in [0.2, 0.25) is 5.88 Å². The van der Waals surface area contributed by atoms with E-state index in [0.29, 0.717) is 5.88 Å².